The maximum atomic E-state index is 12.5. The number of amides is 1. The van der Waals surface area contributed by atoms with Crippen molar-refractivity contribution in [3.63, 3.8) is 0 Å². The highest BCUT2D eigenvalue weighted by atomic mass is 32.2. The number of nitrogens with one attached hydrogen (secondary N) is 1. The predicted octanol–water partition coefficient (Wildman–Crippen LogP) is 3.60. The van der Waals surface area contributed by atoms with Gasteiger partial charge in [-0.1, -0.05) is 17.8 Å². The van der Waals surface area contributed by atoms with Gasteiger partial charge in [0, 0.05) is 30.0 Å². The molecule has 0 radical (unpaired) electrons. The third kappa shape index (κ3) is 4.61. The molecule has 10 heteroatoms. The first-order valence-electron chi connectivity index (χ1n) is 8.79. The number of fused-ring (bicyclic) bond motifs is 1. The van der Waals surface area contributed by atoms with Crippen molar-refractivity contribution in [2.75, 3.05) is 25.2 Å². The van der Waals surface area contributed by atoms with Gasteiger partial charge >= 0.3 is 0 Å². The minimum atomic E-state index is -3.56. The van der Waals surface area contributed by atoms with Crippen molar-refractivity contribution in [2.24, 2.45) is 0 Å². The molecule has 0 aliphatic heterocycles. The van der Waals surface area contributed by atoms with Crippen LogP contribution in [-0.2, 0) is 14.8 Å². The third-order valence-electron chi connectivity index (χ3n) is 4.34. The molecule has 1 aromatic carbocycles. The van der Waals surface area contributed by atoms with E-state index in [2.05, 4.69) is 15.3 Å². The molecule has 3 rings (SSSR count). The number of aryl methyl sites for hydroxylation is 3. The van der Waals surface area contributed by atoms with Crippen LogP contribution in [0.1, 0.15) is 16.3 Å². The number of hydrogen-bond acceptors (Lipinski definition) is 7. The number of rotatable bonds is 6. The predicted molar refractivity (Wildman–Crippen MR) is 118 cm³/mol. The highest BCUT2D eigenvalue weighted by molar-refractivity contribution is 8.00. The number of hydrogen-bond donors (Lipinski definition) is 1. The average molecular weight is 451 g/mol. The first-order valence-corrected chi connectivity index (χ1v) is 12.0. The van der Waals surface area contributed by atoms with Gasteiger partial charge < -0.3 is 5.32 Å². The van der Waals surface area contributed by atoms with Crippen molar-refractivity contribution < 1.29 is 13.2 Å². The lowest BCUT2D eigenvalue weighted by Crippen LogP contribution is -2.22. The Morgan fingerprint density at radius 2 is 1.93 bits per heavy atom. The SMILES string of the molecule is Cc1nc(SCC(=O)Nc2cccc(S(=O)(=O)N(C)C)c2)c2c(C)c(C)sc2n1. The molecule has 154 valence electrons. The summed E-state index contributed by atoms with van der Waals surface area (Å²) in [5.74, 6) is 0.594. The number of carbonyl (C=O) groups excluding carboxylic acids is 1. The summed E-state index contributed by atoms with van der Waals surface area (Å²) < 4.78 is 25.7. The van der Waals surface area contributed by atoms with Crippen LogP contribution in [0.2, 0.25) is 0 Å². The van der Waals surface area contributed by atoms with Gasteiger partial charge in [0.05, 0.1) is 10.6 Å². The summed E-state index contributed by atoms with van der Waals surface area (Å²) in [6.07, 6.45) is 0. The van der Waals surface area contributed by atoms with E-state index in [0.29, 0.717) is 11.5 Å². The molecule has 0 saturated carbocycles. The van der Waals surface area contributed by atoms with Crippen molar-refractivity contribution >= 4 is 54.9 Å². The fourth-order valence-corrected chi connectivity index (χ4v) is 5.71. The molecule has 3 aromatic rings. The maximum Gasteiger partial charge on any atom is 0.242 e. The first kappa shape index (κ1) is 21.7. The van der Waals surface area contributed by atoms with Crippen molar-refractivity contribution in [1.82, 2.24) is 14.3 Å². The molecule has 29 heavy (non-hydrogen) atoms. The number of aromatic nitrogens is 2. The molecule has 0 unspecified atom stereocenters. The van der Waals surface area contributed by atoms with E-state index in [9.17, 15) is 13.2 Å². The lowest BCUT2D eigenvalue weighted by atomic mass is 10.2. The summed E-state index contributed by atoms with van der Waals surface area (Å²) in [5.41, 5.74) is 1.57. The quantitative estimate of drug-likeness (QED) is 0.456. The number of thioether (sulfide) groups is 1. The molecule has 1 N–H and O–H groups in total. The van der Waals surface area contributed by atoms with Crippen LogP contribution < -0.4 is 5.32 Å². The van der Waals surface area contributed by atoms with Crippen molar-refractivity contribution in [2.45, 2.75) is 30.7 Å². The molecule has 0 bridgehead atoms. The number of carbonyl (C=O) groups is 1. The van der Waals surface area contributed by atoms with Gasteiger partial charge in [-0.15, -0.1) is 11.3 Å². The number of thiophene rings is 1. The molecule has 2 aromatic heterocycles. The molecule has 1 amide bonds. The molecule has 0 atom stereocenters. The van der Waals surface area contributed by atoms with Gasteiger partial charge in [-0.3, -0.25) is 4.79 Å². The smallest absolute Gasteiger partial charge is 0.242 e. The van der Waals surface area contributed by atoms with Gasteiger partial charge in [0.15, 0.2) is 0 Å². The molecule has 0 fully saturated rings. The van der Waals surface area contributed by atoms with Crippen molar-refractivity contribution in [1.29, 1.82) is 0 Å². The Kier molecular flexibility index (Phi) is 6.27. The van der Waals surface area contributed by atoms with Crippen LogP contribution in [0.25, 0.3) is 10.2 Å². The third-order valence-corrected chi connectivity index (χ3v) is 8.23. The Hall–Kier alpha value is -2.01. The largest absolute Gasteiger partial charge is 0.325 e. The molecule has 0 aliphatic rings. The number of anilines is 1. The van der Waals surface area contributed by atoms with Crippen LogP contribution in [-0.4, -0.2) is 48.4 Å². The number of benzene rings is 1. The summed E-state index contributed by atoms with van der Waals surface area (Å²) >= 11 is 2.97. The topological polar surface area (TPSA) is 92.3 Å². The lowest BCUT2D eigenvalue weighted by Gasteiger charge is -2.12. The van der Waals surface area contributed by atoms with E-state index >= 15 is 0 Å². The fourth-order valence-electron chi connectivity index (χ4n) is 2.69. The summed E-state index contributed by atoms with van der Waals surface area (Å²) in [7, 11) is -0.625. The van der Waals surface area contributed by atoms with Crippen LogP contribution in [0.4, 0.5) is 5.69 Å². The van der Waals surface area contributed by atoms with Gasteiger partial charge in [0.25, 0.3) is 0 Å². The van der Waals surface area contributed by atoms with E-state index in [-0.39, 0.29) is 16.6 Å². The molecule has 7 nitrogen and oxygen atoms in total. The molecular weight excluding hydrogens is 428 g/mol. The zero-order valence-corrected chi connectivity index (χ0v) is 19.3. The van der Waals surface area contributed by atoms with Gasteiger partial charge in [0.2, 0.25) is 15.9 Å². The van der Waals surface area contributed by atoms with E-state index in [1.165, 1.54) is 42.9 Å². The minimum absolute atomic E-state index is 0.130. The Morgan fingerprint density at radius 1 is 1.21 bits per heavy atom. The van der Waals surface area contributed by atoms with Gasteiger partial charge in [-0.05, 0) is 44.5 Å². The minimum Gasteiger partial charge on any atom is -0.325 e. The Labute approximate surface area is 178 Å². The number of sulfonamides is 1. The Morgan fingerprint density at radius 3 is 2.62 bits per heavy atom. The zero-order chi connectivity index (χ0) is 21.3. The molecule has 2 heterocycles. The second kappa shape index (κ2) is 8.39. The summed E-state index contributed by atoms with van der Waals surface area (Å²) in [6.45, 7) is 5.92. The highest BCUT2D eigenvalue weighted by Gasteiger charge is 2.18. The summed E-state index contributed by atoms with van der Waals surface area (Å²) in [5, 5.41) is 4.54. The Bertz CT molecular complexity index is 1190. The van der Waals surface area contributed by atoms with Gasteiger partial charge in [-0.2, -0.15) is 0 Å². The summed E-state index contributed by atoms with van der Waals surface area (Å²) in [4.78, 5) is 23.7. The summed E-state index contributed by atoms with van der Waals surface area (Å²) in [6, 6.07) is 6.23. The maximum absolute atomic E-state index is 12.5. The number of nitrogens with zero attached hydrogens (tertiary/aromatic N) is 3. The molecule has 0 saturated heterocycles. The van der Waals surface area contributed by atoms with E-state index in [1.54, 1.807) is 23.5 Å². The monoisotopic (exact) mass is 450 g/mol. The average Bonchev–Trinajstić information content (AvgIpc) is 2.93. The van der Waals surface area contributed by atoms with E-state index in [4.69, 9.17) is 0 Å². The molecular formula is C19H22N4O3S3. The van der Waals surface area contributed by atoms with Gasteiger partial charge in [-0.25, -0.2) is 22.7 Å². The molecule has 0 aliphatic carbocycles. The van der Waals surface area contributed by atoms with Crippen LogP contribution in [0.5, 0.6) is 0 Å². The first-order chi connectivity index (χ1) is 13.6. The van der Waals surface area contributed by atoms with E-state index in [0.717, 1.165) is 25.1 Å². The highest BCUT2D eigenvalue weighted by Crippen LogP contribution is 2.35. The zero-order valence-electron chi connectivity index (χ0n) is 16.8. The second-order valence-corrected chi connectivity index (χ2v) is 11.0. The van der Waals surface area contributed by atoms with Crippen molar-refractivity contribution in [3.8, 4) is 0 Å². The fraction of sp³-hybridized carbons (Fsp3) is 0.316. The van der Waals surface area contributed by atoms with E-state index in [1.807, 2.05) is 20.8 Å². The van der Waals surface area contributed by atoms with Gasteiger partial charge in [0.1, 0.15) is 15.7 Å². The second-order valence-electron chi connectivity index (χ2n) is 6.69. The van der Waals surface area contributed by atoms with Crippen molar-refractivity contribution in [3.05, 3.63) is 40.5 Å². The van der Waals surface area contributed by atoms with Crippen LogP contribution in [0.3, 0.4) is 0 Å². The standard InChI is InChI=1S/C19H22N4O3S3/c1-11-12(2)28-19-17(11)18(20-13(3)21-19)27-10-16(24)22-14-7-6-8-15(9-14)29(25,26)23(4)5/h6-9H,10H2,1-5H3,(H,22,24). The Balaban J connectivity index is 1.76. The van der Waals surface area contributed by atoms with Crippen LogP contribution in [0.15, 0.2) is 34.2 Å². The molecule has 0 spiro atoms. The van der Waals surface area contributed by atoms with E-state index < -0.39 is 10.0 Å². The van der Waals surface area contributed by atoms with Crippen LogP contribution in [0, 0.1) is 20.8 Å². The normalized spacial score (nSPS) is 11.9. The van der Waals surface area contributed by atoms with Crippen LogP contribution >= 0.6 is 23.1 Å². The lowest BCUT2D eigenvalue weighted by molar-refractivity contribution is -0.113.